The number of hydrogen-bond donors (Lipinski definition) is 0. The average molecular weight is 395 g/mol. The zero-order valence-electron chi connectivity index (χ0n) is 17.8. The van der Waals surface area contributed by atoms with E-state index in [0.29, 0.717) is 0 Å². The van der Waals surface area contributed by atoms with E-state index in [2.05, 4.69) is 59.0 Å². The molecule has 0 saturated carbocycles. The summed E-state index contributed by atoms with van der Waals surface area (Å²) < 4.78 is 7.16. The van der Waals surface area contributed by atoms with Gasteiger partial charge in [-0.15, -0.1) is 15.3 Å². The highest BCUT2D eigenvalue weighted by Gasteiger charge is 2.23. The molecule has 1 fully saturated rings. The van der Waals surface area contributed by atoms with Crippen molar-refractivity contribution in [3.05, 3.63) is 47.8 Å². The molecule has 0 radical (unpaired) electrons. The van der Waals surface area contributed by atoms with Gasteiger partial charge >= 0.3 is 0 Å². The Morgan fingerprint density at radius 2 is 1.72 bits per heavy atom. The van der Waals surface area contributed by atoms with E-state index in [1.54, 1.807) is 7.11 Å². The van der Waals surface area contributed by atoms with Crippen molar-refractivity contribution < 1.29 is 4.74 Å². The molecule has 1 saturated heterocycles. The van der Waals surface area contributed by atoms with Crippen LogP contribution in [0.5, 0.6) is 5.75 Å². The van der Waals surface area contributed by atoms with Gasteiger partial charge in [0.15, 0.2) is 11.5 Å². The van der Waals surface area contributed by atoms with Gasteiger partial charge in [0, 0.05) is 38.1 Å². The molecule has 1 aliphatic rings. The molecular formula is C22H30N6O. The summed E-state index contributed by atoms with van der Waals surface area (Å²) in [5, 5.41) is 13.5. The van der Waals surface area contributed by atoms with Gasteiger partial charge in [-0.3, -0.25) is 4.90 Å². The van der Waals surface area contributed by atoms with Gasteiger partial charge in [0.1, 0.15) is 11.6 Å². The van der Waals surface area contributed by atoms with Crippen molar-refractivity contribution in [1.82, 2.24) is 24.7 Å². The lowest BCUT2D eigenvalue weighted by atomic mass is 9.96. The second kappa shape index (κ2) is 7.99. The van der Waals surface area contributed by atoms with Crippen molar-refractivity contribution in [3.8, 4) is 5.75 Å². The number of aromatic nitrogens is 4. The number of benzene rings is 1. The molecule has 29 heavy (non-hydrogen) atoms. The molecule has 4 rings (SSSR count). The number of nitrogens with zero attached hydrogens (tertiary/aromatic N) is 6. The van der Waals surface area contributed by atoms with E-state index in [0.717, 1.165) is 62.2 Å². The fourth-order valence-electron chi connectivity index (χ4n) is 3.76. The lowest BCUT2D eigenvalue weighted by Crippen LogP contribution is -2.31. The minimum atomic E-state index is -0.0982. The van der Waals surface area contributed by atoms with Gasteiger partial charge in [-0.1, -0.05) is 32.9 Å². The van der Waals surface area contributed by atoms with Crippen molar-refractivity contribution in [2.75, 3.05) is 38.2 Å². The number of ether oxygens (including phenoxy) is 1. The van der Waals surface area contributed by atoms with Gasteiger partial charge in [0.2, 0.25) is 0 Å². The average Bonchev–Trinajstić information content (AvgIpc) is 3.01. The molecule has 154 valence electrons. The van der Waals surface area contributed by atoms with Crippen molar-refractivity contribution in [3.63, 3.8) is 0 Å². The monoisotopic (exact) mass is 394 g/mol. The number of anilines is 1. The third-order valence-corrected chi connectivity index (χ3v) is 5.40. The van der Waals surface area contributed by atoms with E-state index in [1.807, 2.05) is 22.7 Å². The third-order valence-electron chi connectivity index (χ3n) is 5.40. The lowest BCUT2D eigenvalue weighted by Gasteiger charge is -2.23. The van der Waals surface area contributed by atoms with Crippen LogP contribution in [0.1, 0.15) is 38.6 Å². The molecule has 2 aromatic heterocycles. The van der Waals surface area contributed by atoms with E-state index in [-0.39, 0.29) is 5.41 Å². The first kappa shape index (κ1) is 19.6. The smallest absolute Gasteiger partial charge is 0.178 e. The van der Waals surface area contributed by atoms with Crippen LogP contribution in [-0.2, 0) is 12.0 Å². The SMILES string of the molecule is COc1ccc(CN2CCCN(c3ccc4nnc(C(C)(C)C)n4n3)CC2)cc1. The zero-order chi connectivity index (χ0) is 20.4. The molecule has 7 heteroatoms. The third kappa shape index (κ3) is 4.34. The number of fused-ring (bicyclic) bond motifs is 1. The van der Waals surface area contributed by atoms with E-state index in [9.17, 15) is 0 Å². The van der Waals surface area contributed by atoms with E-state index >= 15 is 0 Å². The summed E-state index contributed by atoms with van der Waals surface area (Å²) in [6, 6.07) is 12.4. The lowest BCUT2D eigenvalue weighted by molar-refractivity contribution is 0.285. The highest BCUT2D eigenvalue weighted by Crippen LogP contribution is 2.22. The summed E-state index contributed by atoms with van der Waals surface area (Å²) in [5.74, 6) is 2.79. The predicted octanol–water partition coefficient (Wildman–Crippen LogP) is 3.14. The quantitative estimate of drug-likeness (QED) is 0.678. The van der Waals surface area contributed by atoms with Crippen molar-refractivity contribution in [1.29, 1.82) is 0 Å². The molecule has 7 nitrogen and oxygen atoms in total. The van der Waals surface area contributed by atoms with Crippen LogP contribution in [0, 0.1) is 0 Å². The van der Waals surface area contributed by atoms with Crippen LogP contribution in [0.2, 0.25) is 0 Å². The largest absolute Gasteiger partial charge is 0.497 e. The predicted molar refractivity (Wildman–Crippen MR) is 115 cm³/mol. The molecule has 0 atom stereocenters. The Bertz CT molecular complexity index is 960. The molecule has 1 aliphatic heterocycles. The van der Waals surface area contributed by atoms with Gasteiger partial charge in [0.05, 0.1) is 7.11 Å². The standard InChI is InChI=1S/C22H30N6O/c1-22(2,3)21-24-23-19-10-11-20(25-28(19)21)27-13-5-12-26(14-15-27)16-17-6-8-18(29-4)9-7-17/h6-11H,5,12-16H2,1-4H3. The summed E-state index contributed by atoms with van der Waals surface area (Å²) in [6.45, 7) is 11.4. The zero-order valence-corrected chi connectivity index (χ0v) is 17.8. The maximum atomic E-state index is 5.26. The van der Waals surface area contributed by atoms with Gasteiger partial charge in [-0.05, 0) is 36.2 Å². The maximum absolute atomic E-state index is 5.26. The van der Waals surface area contributed by atoms with Gasteiger partial charge in [-0.25, -0.2) is 0 Å². The summed E-state index contributed by atoms with van der Waals surface area (Å²) in [7, 11) is 1.70. The number of methoxy groups -OCH3 is 1. The van der Waals surface area contributed by atoms with Crippen molar-refractivity contribution in [2.24, 2.45) is 0 Å². The second-order valence-electron chi connectivity index (χ2n) is 8.70. The molecule has 3 heterocycles. The van der Waals surface area contributed by atoms with Crippen LogP contribution in [0.15, 0.2) is 36.4 Å². The molecule has 0 spiro atoms. The van der Waals surface area contributed by atoms with Crippen LogP contribution in [0.3, 0.4) is 0 Å². The Hall–Kier alpha value is -2.67. The first-order valence-corrected chi connectivity index (χ1v) is 10.3. The van der Waals surface area contributed by atoms with Crippen LogP contribution in [-0.4, -0.2) is 58.0 Å². The van der Waals surface area contributed by atoms with E-state index in [1.165, 1.54) is 5.56 Å². The molecule has 3 aromatic rings. The summed E-state index contributed by atoms with van der Waals surface area (Å²) in [4.78, 5) is 4.89. The molecule has 0 unspecified atom stereocenters. The minimum absolute atomic E-state index is 0.0982. The van der Waals surface area contributed by atoms with Gasteiger partial charge < -0.3 is 9.64 Å². The molecular weight excluding hydrogens is 364 g/mol. The molecule has 0 bridgehead atoms. The van der Waals surface area contributed by atoms with E-state index < -0.39 is 0 Å². The van der Waals surface area contributed by atoms with Gasteiger partial charge in [0.25, 0.3) is 0 Å². The minimum Gasteiger partial charge on any atom is -0.497 e. The first-order valence-electron chi connectivity index (χ1n) is 10.3. The second-order valence-corrected chi connectivity index (χ2v) is 8.70. The fraction of sp³-hybridized carbons (Fsp3) is 0.500. The molecule has 0 N–H and O–H groups in total. The highest BCUT2D eigenvalue weighted by atomic mass is 16.5. The Kier molecular flexibility index (Phi) is 5.41. The molecule has 0 amide bonds. The van der Waals surface area contributed by atoms with Gasteiger partial charge in [-0.2, -0.15) is 4.52 Å². The van der Waals surface area contributed by atoms with Crippen LogP contribution >= 0.6 is 0 Å². The summed E-state index contributed by atoms with van der Waals surface area (Å²) in [5.41, 5.74) is 2.02. The fourth-order valence-corrected chi connectivity index (χ4v) is 3.76. The summed E-state index contributed by atoms with van der Waals surface area (Å²) >= 11 is 0. The van der Waals surface area contributed by atoms with Crippen LogP contribution in [0.25, 0.3) is 5.65 Å². The van der Waals surface area contributed by atoms with Crippen LogP contribution in [0.4, 0.5) is 5.82 Å². The Labute approximate surface area is 172 Å². The van der Waals surface area contributed by atoms with E-state index in [4.69, 9.17) is 9.84 Å². The molecule has 1 aromatic carbocycles. The van der Waals surface area contributed by atoms with Crippen molar-refractivity contribution in [2.45, 2.75) is 39.2 Å². The normalized spacial score (nSPS) is 16.2. The van der Waals surface area contributed by atoms with Crippen molar-refractivity contribution >= 4 is 11.5 Å². The number of rotatable bonds is 4. The maximum Gasteiger partial charge on any atom is 0.178 e. The Balaban J connectivity index is 1.46. The van der Waals surface area contributed by atoms with Crippen LogP contribution < -0.4 is 9.64 Å². The highest BCUT2D eigenvalue weighted by molar-refractivity contribution is 5.46. The number of hydrogen-bond acceptors (Lipinski definition) is 6. The summed E-state index contributed by atoms with van der Waals surface area (Å²) in [6.07, 6.45) is 1.12. The molecule has 0 aliphatic carbocycles. The Morgan fingerprint density at radius 3 is 2.45 bits per heavy atom. The topological polar surface area (TPSA) is 58.8 Å². The Morgan fingerprint density at radius 1 is 0.931 bits per heavy atom. The first-order chi connectivity index (χ1) is 13.9.